The van der Waals surface area contributed by atoms with Gasteiger partial charge in [0.05, 0.1) is 41.1 Å². The Morgan fingerprint density at radius 1 is 0.771 bits per heavy atom. The highest BCUT2D eigenvalue weighted by molar-refractivity contribution is 6.39. The first-order valence-corrected chi connectivity index (χ1v) is 10.4. The number of carboxylic acids is 1. The summed E-state index contributed by atoms with van der Waals surface area (Å²) in [5.74, 6) is -4.20. The number of rotatable bonds is 7. The molecular formula is C19H12Cl4F8O4. The Morgan fingerprint density at radius 2 is 1.17 bits per heavy atom. The molecule has 0 aliphatic heterocycles. The summed E-state index contributed by atoms with van der Waals surface area (Å²) < 4.78 is 107. The fourth-order valence-corrected chi connectivity index (χ4v) is 3.30. The van der Waals surface area contributed by atoms with Crippen LogP contribution < -0.4 is 9.47 Å². The first kappa shape index (κ1) is 31.1. The predicted molar refractivity (Wildman–Crippen MR) is 112 cm³/mol. The summed E-state index contributed by atoms with van der Waals surface area (Å²) in [4.78, 5) is 10.7. The van der Waals surface area contributed by atoms with Crippen molar-refractivity contribution in [2.45, 2.75) is 25.2 Å². The number of halogens is 12. The largest absolute Gasteiger partial charge is 0.490 e. The molecule has 0 aliphatic carbocycles. The lowest BCUT2D eigenvalue weighted by molar-refractivity contribution is -0.140. The van der Waals surface area contributed by atoms with Crippen molar-refractivity contribution < 1.29 is 54.5 Å². The minimum Gasteiger partial charge on any atom is -0.490 e. The van der Waals surface area contributed by atoms with E-state index < -0.39 is 77.4 Å². The van der Waals surface area contributed by atoms with Gasteiger partial charge in [-0.2, -0.15) is 26.3 Å². The molecule has 0 aliphatic rings. The number of carbonyl (C=O) groups is 1. The van der Waals surface area contributed by atoms with Gasteiger partial charge in [-0.1, -0.05) is 46.4 Å². The number of benzene rings is 2. The van der Waals surface area contributed by atoms with Crippen LogP contribution in [0.2, 0.25) is 20.1 Å². The lowest BCUT2D eigenvalue weighted by Crippen LogP contribution is -2.14. The Labute approximate surface area is 212 Å². The maximum Gasteiger partial charge on any atom is 0.392 e. The SMILES string of the molecule is Fc1cc(Cl)c(OCCC(F)(F)F)c(Cl)c1.O=C(O)c1c(F)cc(Cl)c(OCCC(F)(F)F)c1Cl. The first-order valence-electron chi connectivity index (χ1n) is 8.87. The van der Waals surface area contributed by atoms with E-state index >= 15 is 0 Å². The first-order chi connectivity index (χ1) is 15.9. The number of hydrogen-bond donors (Lipinski definition) is 1. The highest BCUT2D eigenvalue weighted by Gasteiger charge is 2.29. The van der Waals surface area contributed by atoms with Crippen LogP contribution in [0, 0.1) is 11.6 Å². The van der Waals surface area contributed by atoms with E-state index in [4.69, 9.17) is 56.2 Å². The molecule has 35 heavy (non-hydrogen) atoms. The van der Waals surface area contributed by atoms with Gasteiger partial charge in [-0.15, -0.1) is 0 Å². The summed E-state index contributed by atoms with van der Waals surface area (Å²) in [5, 5.41) is 7.30. The van der Waals surface area contributed by atoms with Crippen LogP contribution in [-0.2, 0) is 0 Å². The second kappa shape index (κ2) is 12.9. The van der Waals surface area contributed by atoms with E-state index in [0.717, 1.165) is 12.1 Å². The van der Waals surface area contributed by atoms with Crippen LogP contribution in [-0.4, -0.2) is 36.6 Å². The van der Waals surface area contributed by atoms with Crippen LogP contribution >= 0.6 is 46.4 Å². The molecule has 0 unspecified atom stereocenters. The van der Waals surface area contributed by atoms with Gasteiger partial charge in [0.15, 0.2) is 11.5 Å². The van der Waals surface area contributed by atoms with Crippen LogP contribution in [0.4, 0.5) is 35.1 Å². The molecule has 4 nitrogen and oxygen atoms in total. The highest BCUT2D eigenvalue weighted by Crippen LogP contribution is 2.38. The third-order valence-corrected chi connectivity index (χ3v) is 4.77. The van der Waals surface area contributed by atoms with Crippen LogP contribution in [0.1, 0.15) is 23.2 Å². The zero-order valence-electron chi connectivity index (χ0n) is 16.8. The highest BCUT2D eigenvalue weighted by atomic mass is 35.5. The Hall–Kier alpha value is -1.89. The lowest BCUT2D eigenvalue weighted by Gasteiger charge is -2.13. The average molecular weight is 598 g/mol. The molecule has 16 heteroatoms. The van der Waals surface area contributed by atoms with E-state index in [1.807, 2.05) is 0 Å². The van der Waals surface area contributed by atoms with Gasteiger partial charge in [0, 0.05) is 0 Å². The van der Waals surface area contributed by atoms with Gasteiger partial charge < -0.3 is 14.6 Å². The fraction of sp³-hybridized carbons (Fsp3) is 0.316. The zero-order valence-corrected chi connectivity index (χ0v) is 19.8. The van der Waals surface area contributed by atoms with E-state index in [2.05, 4.69) is 4.74 Å². The maximum atomic E-state index is 13.3. The summed E-state index contributed by atoms with van der Waals surface area (Å²) in [6.07, 6.45) is -11.2. The van der Waals surface area contributed by atoms with Crippen LogP contribution in [0.5, 0.6) is 11.5 Å². The second-order valence-electron chi connectivity index (χ2n) is 6.29. The monoisotopic (exact) mass is 596 g/mol. The molecule has 0 bridgehead atoms. The Morgan fingerprint density at radius 3 is 1.57 bits per heavy atom. The molecule has 0 radical (unpaired) electrons. The Kier molecular flexibility index (Phi) is 11.5. The summed E-state index contributed by atoms with van der Waals surface area (Å²) in [5.41, 5.74) is -0.909. The summed E-state index contributed by atoms with van der Waals surface area (Å²) in [7, 11) is 0. The molecule has 0 amide bonds. The van der Waals surface area contributed by atoms with Gasteiger partial charge in [-0.25, -0.2) is 13.6 Å². The number of carboxylic acid groups (broad SMARTS) is 1. The summed E-state index contributed by atoms with van der Waals surface area (Å²) in [6.45, 7) is -1.43. The second-order valence-corrected chi connectivity index (χ2v) is 7.89. The van der Waals surface area contributed by atoms with E-state index in [0.29, 0.717) is 6.07 Å². The van der Waals surface area contributed by atoms with Crippen molar-refractivity contribution in [3.63, 3.8) is 0 Å². The van der Waals surface area contributed by atoms with Gasteiger partial charge in [0.1, 0.15) is 22.2 Å². The van der Waals surface area contributed by atoms with Crippen molar-refractivity contribution in [1.82, 2.24) is 0 Å². The van der Waals surface area contributed by atoms with Gasteiger partial charge in [0.25, 0.3) is 0 Å². The van der Waals surface area contributed by atoms with Gasteiger partial charge in [0.2, 0.25) is 0 Å². The molecule has 1 N–H and O–H groups in total. The maximum absolute atomic E-state index is 13.3. The third kappa shape index (κ3) is 10.7. The van der Waals surface area contributed by atoms with E-state index in [9.17, 15) is 39.9 Å². The van der Waals surface area contributed by atoms with Crippen molar-refractivity contribution >= 4 is 52.4 Å². The van der Waals surface area contributed by atoms with Gasteiger partial charge in [-0.05, 0) is 18.2 Å². The molecule has 0 aromatic heterocycles. The van der Waals surface area contributed by atoms with Crippen LogP contribution in [0.25, 0.3) is 0 Å². The number of aromatic carboxylic acids is 1. The Bertz CT molecular complexity index is 1020. The molecule has 0 heterocycles. The molecule has 0 fully saturated rings. The quantitative estimate of drug-likeness (QED) is 0.325. The minimum atomic E-state index is -4.45. The number of ether oxygens (including phenoxy) is 2. The van der Waals surface area contributed by atoms with Crippen molar-refractivity contribution in [1.29, 1.82) is 0 Å². The van der Waals surface area contributed by atoms with E-state index in [1.165, 1.54) is 0 Å². The van der Waals surface area contributed by atoms with Crippen molar-refractivity contribution in [3.8, 4) is 11.5 Å². The average Bonchev–Trinajstić information content (AvgIpc) is 2.64. The van der Waals surface area contributed by atoms with Crippen molar-refractivity contribution in [3.05, 3.63) is 55.5 Å². The number of hydrogen-bond acceptors (Lipinski definition) is 3. The van der Waals surface area contributed by atoms with Crippen molar-refractivity contribution in [2.24, 2.45) is 0 Å². The van der Waals surface area contributed by atoms with E-state index in [-0.39, 0.29) is 15.8 Å². The smallest absolute Gasteiger partial charge is 0.392 e. The summed E-state index contributed by atoms with van der Waals surface area (Å²) >= 11 is 22.2. The molecule has 196 valence electrons. The predicted octanol–water partition coefficient (Wildman–Crippen LogP) is 8.63. The topological polar surface area (TPSA) is 55.8 Å². The molecule has 0 saturated carbocycles. The zero-order chi connectivity index (χ0) is 27.1. The molecular weight excluding hydrogens is 586 g/mol. The third-order valence-electron chi connectivity index (χ3n) is 3.57. The lowest BCUT2D eigenvalue weighted by atomic mass is 10.2. The van der Waals surface area contributed by atoms with Crippen LogP contribution in [0.15, 0.2) is 18.2 Å². The Balaban J connectivity index is 0.000000355. The fourth-order valence-electron chi connectivity index (χ4n) is 2.11. The van der Waals surface area contributed by atoms with Crippen LogP contribution in [0.3, 0.4) is 0 Å². The molecule has 2 aromatic carbocycles. The molecule has 2 aromatic rings. The normalized spacial score (nSPS) is 11.5. The number of alkyl halides is 6. The standard InChI is InChI=1S/C10H6Cl2F4O3.C9H6Cl2F4O/c11-4-3-5(13)6(9(17)18)7(12)8(4)19-2-1-10(14,15)16;10-6-3-5(12)4-7(11)8(6)16-2-1-9(13,14)15/h3H,1-2H2,(H,17,18);3-4H,1-2H2. The van der Waals surface area contributed by atoms with Gasteiger partial charge in [-0.3, -0.25) is 0 Å². The molecule has 0 spiro atoms. The molecule has 0 atom stereocenters. The van der Waals surface area contributed by atoms with E-state index in [1.54, 1.807) is 0 Å². The minimum absolute atomic E-state index is 0.144. The summed E-state index contributed by atoms with van der Waals surface area (Å²) in [6, 6.07) is 2.44. The van der Waals surface area contributed by atoms with Crippen molar-refractivity contribution in [2.75, 3.05) is 13.2 Å². The molecule has 2 rings (SSSR count). The van der Waals surface area contributed by atoms with Gasteiger partial charge >= 0.3 is 18.3 Å². The molecule has 0 saturated heterocycles.